The number of para-hydroxylation sites is 1. The molecule has 1 amide bonds. The summed E-state index contributed by atoms with van der Waals surface area (Å²) in [6.07, 6.45) is 0. The van der Waals surface area contributed by atoms with Gasteiger partial charge in [-0.15, -0.1) is 0 Å². The summed E-state index contributed by atoms with van der Waals surface area (Å²) in [5.74, 6) is -1.01. The number of carbonyl (C=O) groups excluding carboxylic acids is 2. The molecule has 156 valence electrons. The van der Waals surface area contributed by atoms with Gasteiger partial charge in [0.05, 0.1) is 10.5 Å². The topological polar surface area (TPSA) is 92.8 Å². The van der Waals surface area contributed by atoms with Gasteiger partial charge in [-0.3, -0.25) is 4.79 Å². The zero-order chi connectivity index (χ0) is 21.8. The number of nitrogens with one attached hydrogen (secondary N) is 1. The van der Waals surface area contributed by atoms with Gasteiger partial charge in [0.25, 0.3) is 5.91 Å². The molecule has 7 nitrogen and oxygen atoms in total. The second-order valence-electron chi connectivity index (χ2n) is 7.13. The molecule has 0 radical (unpaired) electrons. The average molecular weight is 419 g/mol. The molecule has 2 aromatic rings. The summed E-state index contributed by atoms with van der Waals surface area (Å²) in [6, 6.07) is 11.6. The molecule has 0 atom stereocenters. The van der Waals surface area contributed by atoms with Gasteiger partial charge in [-0.1, -0.05) is 38.1 Å². The molecule has 0 aliphatic rings. The third-order valence-electron chi connectivity index (χ3n) is 4.40. The molecule has 1 N–H and O–H groups in total. The van der Waals surface area contributed by atoms with E-state index in [1.54, 1.807) is 13.0 Å². The van der Waals surface area contributed by atoms with Gasteiger partial charge in [0, 0.05) is 19.8 Å². The summed E-state index contributed by atoms with van der Waals surface area (Å²) in [7, 11) is -0.870. The Hall–Kier alpha value is -2.71. The van der Waals surface area contributed by atoms with Gasteiger partial charge in [-0.05, 0) is 42.2 Å². The Morgan fingerprint density at radius 2 is 1.76 bits per heavy atom. The Morgan fingerprint density at radius 3 is 2.38 bits per heavy atom. The first-order valence-corrected chi connectivity index (χ1v) is 10.6. The van der Waals surface area contributed by atoms with Crippen LogP contribution in [0.3, 0.4) is 0 Å². The number of hydrogen-bond acceptors (Lipinski definition) is 5. The minimum absolute atomic E-state index is 0.0182. The normalized spacial score (nSPS) is 11.6. The highest BCUT2D eigenvalue weighted by Crippen LogP contribution is 2.23. The van der Waals surface area contributed by atoms with E-state index in [0.29, 0.717) is 11.3 Å². The number of rotatable bonds is 7. The number of carbonyl (C=O) groups is 2. The van der Waals surface area contributed by atoms with E-state index in [4.69, 9.17) is 4.74 Å². The smallest absolute Gasteiger partial charge is 0.338 e. The lowest BCUT2D eigenvalue weighted by atomic mass is 10.0. The van der Waals surface area contributed by atoms with Crippen molar-refractivity contribution in [2.75, 3.05) is 26.0 Å². The van der Waals surface area contributed by atoms with Crippen LogP contribution in [0, 0.1) is 6.92 Å². The predicted octanol–water partition coefficient (Wildman–Crippen LogP) is 3.16. The van der Waals surface area contributed by atoms with Crippen LogP contribution < -0.4 is 5.32 Å². The van der Waals surface area contributed by atoms with E-state index in [1.807, 2.05) is 32.0 Å². The van der Waals surface area contributed by atoms with Crippen molar-refractivity contribution < 1.29 is 22.7 Å². The Kier molecular flexibility index (Phi) is 7.16. The Morgan fingerprint density at radius 1 is 1.10 bits per heavy atom. The van der Waals surface area contributed by atoms with Crippen molar-refractivity contribution >= 4 is 27.6 Å². The Balaban J connectivity index is 2.11. The number of sulfonamides is 1. The number of hydrogen-bond donors (Lipinski definition) is 1. The predicted molar refractivity (Wildman–Crippen MR) is 111 cm³/mol. The second-order valence-corrected chi connectivity index (χ2v) is 9.28. The molecule has 0 aromatic heterocycles. The molecule has 8 heteroatoms. The van der Waals surface area contributed by atoms with Crippen LogP contribution in [-0.2, 0) is 19.6 Å². The largest absolute Gasteiger partial charge is 0.452 e. The quantitative estimate of drug-likeness (QED) is 0.697. The van der Waals surface area contributed by atoms with Gasteiger partial charge < -0.3 is 10.1 Å². The van der Waals surface area contributed by atoms with E-state index in [2.05, 4.69) is 5.32 Å². The third kappa shape index (κ3) is 5.42. The number of esters is 1. The minimum atomic E-state index is -3.69. The summed E-state index contributed by atoms with van der Waals surface area (Å²) in [6.45, 7) is 5.22. The summed E-state index contributed by atoms with van der Waals surface area (Å²) in [5.41, 5.74) is 2.30. The van der Waals surface area contributed by atoms with Gasteiger partial charge in [-0.25, -0.2) is 17.5 Å². The molecule has 2 aromatic carbocycles. The molecule has 2 rings (SSSR count). The van der Waals surface area contributed by atoms with Gasteiger partial charge in [0.2, 0.25) is 10.0 Å². The van der Waals surface area contributed by atoms with Crippen LogP contribution in [0.15, 0.2) is 47.4 Å². The number of ether oxygens (including phenoxy) is 1. The minimum Gasteiger partial charge on any atom is -0.452 e. The van der Waals surface area contributed by atoms with E-state index in [9.17, 15) is 18.0 Å². The first kappa shape index (κ1) is 22.6. The maximum Gasteiger partial charge on any atom is 0.338 e. The van der Waals surface area contributed by atoms with Crippen LogP contribution in [0.25, 0.3) is 0 Å². The highest BCUT2D eigenvalue weighted by Gasteiger charge is 2.21. The molecule has 0 unspecified atom stereocenters. The summed E-state index contributed by atoms with van der Waals surface area (Å²) >= 11 is 0. The zero-order valence-corrected chi connectivity index (χ0v) is 18.0. The molecule has 0 saturated carbocycles. The molecular weight excluding hydrogens is 392 g/mol. The van der Waals surface area contributed by atoms with E-state index in [-0.39, 0.29) is 16.4 Å². The summed E-state index contributed by atoms with van der Waals surface area (Å²) < 4.78 is 30.7. The van der Waals surface area contributed by atoms with Gasteiger partial charge >= 0.3 is 5.97 Å². The number of anilines is 1. The van der Waals surface area contributed by atoms with Crippen LogP contribution in [0.1, 0.15) is 41.3 Å². The van der Waals surface area contributed by atoms with Gasteiger partial charge in [0.1, 0.15) is 0 Å². The molecule has 0 bridgehead atoms. The number of amides is 1. The van der Waals surface area contributed by atoms with Gasteiger partial charge in [-0.2, -0.15) is 0 Å². The number of nitrogens with zero attached hydrogens (tertiary/aromatic N) is 1. The van der Waals surface area contributed by atoms with Crippen molar-refractivity contribution in [1.29, 1.82) is 0 Å². The SMILES string of the molecule is Cc1ccc(S(=O)(=O)N(C)C)cc1C(=O)OCC(=O)Nc1ccccc1C(C)C. The van der Waals surface area contributed by atoms with Crippen molar-refractivity contribution in [1.82, 2.24) is 4.31 Å². The monoisotopic (exact) mass is 418 g/mol. The van der Waals surface area contributed by atoms with E-state index >= 15 is 0 Å². The number of aryl methyl sites for hydroxylation is 1. The molecule has 29 heavy (non-hydrogen) atoms. The van der Waals surface area contributed by atoms with Crippen LogP contribution in [-0.4, -0.2) is 45.3 Å². The highest BCUT2D eigenvalue weighted by atomic mass is 32.2. The first-order valence-electron chi connectivity index (χ1n) is 9.13. The van der Waals surface area contributed by atoms with Crippen molar-refractivity contribution in [3.05, 3.63) is 59.2 Å². The Labute approximate surface area is 171 Å². The van der Waals surface area contributed by atoms with E-state index in [1.165, 1.54) is 32.3 Å². The second kappa shape index (κ2) is 9.19. The molecule has 0 saturated heterocycles. The van der Waals surface area contributed by atoms with Crippen molar-refractivity contribution in [2.24, 2.45) is 0 Å². The fraction of sp³-hybridized carbons (Fsp3) is 0.333. The van der Waals surface area contributed by atoms with Crippen LogP contribution in [0.4, 0.5) is 5.69 Å². The fourth-order valence-electron chi connectivity index (χ4n) is 2.70. The van der Waals surface area contributed by atoms with Crippen LogP contribution in [0.5, 0.6) is 0 Å². The lowest BCUT2D eigenvalue weighted by Gasteiger charge is -2.15. The van der Waals surface area contributed by atoms with Crippen LogP contribution >= 0.6 is 0 Å². The maximum atomic E-state index is 12.4. The average Bonchev–Trinajstić information content (AvgIpc) is 2.66. The molecule has 0 aliphatic carbocycles. The zero-order valence-electron chi connectivity index (χ0n) is 17.2. The molecule has 0 fully saturated rings. The van der Waals surface area contributed by atoms with Crippen molar-refractivity contribution in [2.45, 2.75) is 31.6 Å². The molecule has 0 aliphatic heterocycles. The first-order chi connectivity index (χ1) is 13.5. The summed E-state index contributed by atoms with van der Waals surface area (Å²) in [4.78, 5) is 24.7. The van der Waals surface area contributed by atoms with Crippen LogP contribution in [0.2, 0.25) is 0 Å². The third-order valence-corrected chi connectivity index (χ3v) is 6.21. The van der Waals surface area contributed by atoms with E-state index in [0.717, 1.165) is 9.87 Å². The lowest BCUT2D eigenvalue weighted by molar-refractivity contribution is -0.119. The maximum absolute atomic E-state index is 12.4. The highest BCUT2D eigenvalue weighted by molar-refractivity contribution is 7.89. The number of benzene rings is 2. The Bertz CT molecular complexity index is 1010. The molecule has 0 spiro atoms. The summed E-state index contributed by atoms with van der Waals surface area (Å²) in [5, 5.41) is 2.75. The standard InChI is InChI=1S/C21H26N2O5S/c1-14(2)17-8-6-7-9-19(17)22-20(24)13-28-21(25)18-12-16(11-10-15(18)3)29(26,27)23(4)5/h6-12,14H,13H2,1-5H3,(H,22,24). The van der Waals surface area contributed by atoms with Gasteiger partial charge in [0.15, 0.2) is 6.61 Å². The molecular formula is C21H26N2O5S. The molecule has 0 heterocycles. The lowest BCUT2D eigenvalue weighted by Crippen LogP contribution is -2.24. The van der Waals surface area contributed by atoms with Crippen molar-refractivity contribution in [3.8, 4) is 0 Å². The van der Waals surface area contributed by atoms with Crippen molar-refractivity contribution in [3.63, 3.8) is 0 Å². The fourth-order valence-corrected chi connectivity index (χ4v) is 3.63. The van der Waals surface area contributed by atoms with E-state index < -0.39 is 28.5 Å².